The molecular weight excluding hydrogens is 280 g/mol. The van der Waals surface area contributed by atoms with Crippen LogP contribution in [0.4, 0.5) is 10.5 Å². The molecule has 2 unspecified atom stereocenters. The summed E-state index contributed by atoms with van der Waals surface area (Å²) >= 11 is 0. The van der Waals surface area contributed by atoms with Crippen molar-refractivity contribution < 1.29 is 9.53 Å². The van der Waals surface area contributed by atoms with Crippen molar-refractivity contribution >= 4 is 11.7 Å². The van der Waals surface area contributed by atoms with E-state index in [4.69, 9.17) is 4.74 Å². The van der Waals surface area contributed by atoms with Crippen LogP contribution in [0.2, 0.25) is 0 Å². The van der Waals surface area contributed by atoms with Crippen LogP contribution in [-0.4, -0.2) is 47.5 Å². The minimum atomic E-state index is -0.0177. The molecule has 1 aromatic heterocycles. The molecule has 2 rings (SSSR count). The number of nitrogens with zero attached hydrogens (tertiary/aromatic N) is 3. The van der Waals surface area contributed by atoms with Gasteiger partial charge in [0.2, 0.25) is 0 Å². The Morgan fingerprint density at radius 1 is 1.32 bits per heavy atom. The van der Waals surface area contributed by atoms with Gasteiger partial charge in [0.1, 0.15) is 0 Å². The number of amides is 2. The molecule has 1 saturated heterocycles. The molecule has 2 heterocycles. The lowest BCUT2D eigenvalue weighted by atomic mass is 9.92. The first-order chi connectivity index (χ1) is 10.4. The molecule has 22 heavy (non-hydrogen) atoms. The van der Waals surface area contributed by atoms with Crippen LogP contribution in [0, 0.1) is 25.7 Å². The Morgan fingerprint density at radius 2 is 1.95 bits per heavy atom. The second kappa shape index (κ2) is 7.13. The first-order valence-electron chi connectivity index (χ1n) is 8.01. The number of piperidine rings is 1. The average Bonchev–Trinajstić information content (AvgIpc) is 2.71. The maximum atomic E-state index is 12.5. The smallest absolute Gasteiger partial charge is 0.321 e. The van der Waals surface area contributed by atoms with E-state index in [1.165, 1.54) is 6.42 Å². The van der Waals surface area contributed by atoms with E-state index in [-0.39, 0.29) is 6.03 Å². The quantitative estimate of drug-likeness (QED) is 0.930. The van der Waals surface area contributed by atoms with E-state index >= 15 is 0 Å². The molecule has 1 N–H and O–H groups in total. The number of rotatable bonds is 4. The van der Waals surface area contributed by atoms with Crippen molar-refractivity contribution in [1.82, 2.24) is 14.7 Å². The number of carbonyl (C=O) groups is 1. The third kappa shape index (κ3) is 3.80. The van der Waals surface area contributed by atoms with Gasteiger partial charge in [-0.25, -0.2) is 4.79 Å². The van der Waals surface area contributed by atoms with Crippen LogP contribution in [-0.2, 0) is 11.3 Å². The van der Waals surface area contributed by atoms with Gasteiger partial charge in [-0.05, 0) is 32.1 Å². The zero-order valence-corrected chi connectivity index (χ0v) is 14.3. The maximum Gasteiger partial charge on any atom is 0.321 e. The Balaban J connectivity index is 2.06. The lowest BCUT2D eigenvalue weighted by Crippen LogP contribution is -2.44. The van der Waals surface area contributed by atoms with Gasteiger partial charge in [-0.15, -0.1) is 0 Å². The fourth-order valence-electron chi connectivity index (χ4n) is 3.29. The highest BCUT2D eigenvalue weighted by Gasteiger charge is 2.26. The van der Waals surface area contributed by atoms with E-state index in [1.54, 1.807) is 7.11 Å². The number of aryl methyl sites for hydroxylation is 1. The molecule has 1 fully saturated rings. The standard InChI is InChI=1S/C16H28N4O2/c1-11-8-12(2)10-19(9-11)16(21)17-15-13(3)18-20(14(15)4)6-7-22-5/h11-12H,6-10H2,1-5H3,(H,17,21). The summed E-state index contributed by atoms with van der Waals surface area (Å²) in [6, 6.07) is -0.0177. The number of likely N-dealkylation sites (tertiary alicyclic amines) is 1. The van der Waals surface area contributed by atoms with Crippen LogP contribution < -0.4 is 5.32 Å². The molecule has 1 aliphatic heterocycles. The van der Waals surface area contributed by atoms with E-state index in [1.807, 2.05) is 23.4 Å². The van der Waals surface area contributed by atoms with Crippen molar-refractivity contribution in [1.29, 1.82) is 0 Å². The monoisotopic (exact) mass is 308 g/mol. The Hall–Kier alpha value is -1.56. The van der Waals surface area contributed by atoms with Gasteiger partial charge in [-0.1, -0.05) is 13.8 Å². The van der Waals surface area contributed by atoms with Gasteiger partial charge in [0, 0.05) is 20.2 Å². The number of nitrogens with one attached hydrogen (secondary N) is 1. The molecule has 2 amide bonds. The predicted octanol–water partition coefficient (Wildman–Crippen LogP) is 2.66. The summed E-state index contributed by atoms with van der Waals surface area (Å²) in [5.41, 5.74) is 2.65. The van der Waals surface area contributed by atoms with Gasteiger partial charge in [0.25, 0.3) is 0 Å². The molecule has 0 radical (unpaired) electrons. The van der Waals surface area contributed by atoms with Crippen LogP contribution in [0.25, 0.3) is 0 Å². The molecule has 6 nitrogen and oxygen atoms in total. The van der Waals surface area contributed by atoms with Crippen molar-refractivity contribution in [3.05, 3.63) is 11.4 Å². The lowest BCUT2D eigenvalue weighted by Gasteiger charge is -2.34. The Bertz CT molecular complexity index is 516. The average molecular weight is 308 g/mol. The molecule has 6 heteroatoms. The topological polar surface area (TPSA) is 59.4 Å². The first kappa shape index (κ1) is 16.8. The Labute approximate surface area is 132 Å². The van der Waals surface area contributed by atoms with Crippen molar-refractivity contribution in [3.8, 4) is 0 Å². The van der Waals surface area contributed by atoms with Gasteiger partial charge in [0.15, 0.2) is 0 Å². The van der Waals surface area contributed by atoms with Gasteiger partial charge >= 0.3 is 6.03 Å². The molecule has 0 spiro atoms. The number of urea groups is 1. The van der Waals surface area contributed by atoms with Crippen LogP contribution in [0.1, 0.15) is 31.7 Å². The number of ether oxygens (including phenoxy) is 1. The molecule has 0 aromatic carbocycles. The third-order valence-electron chi connectivity index (χ3n) is 4.28. The van der Waals surface area contributed by atoms with Crippen molar-refractivity contribution in [3.63, 3.8) is 0 Å². The number of carbonyl (C=O) groups excluding carboxylic acids is 1. The molecular formula is C16H28N4O2. The lowest BCUT2D eigenvalue weighted by molar-refractivity contribution is 0.156. The number of anilines is 1. The van der Waals surface area contributed by atoms with Gasteiger partial charge in [-0.2, -0.15) is 5.10 Å². The molecule has 1 aliphatic rings. The normalized spacial score (nSPS) is 22.0. The molecule has 124 valence electrons. The fourth-order valence-corrected chi connectivity index (χ4v) is 3.29. The SMILES string of the molecule is COCCn1nc(C)c(NC(=O)N2CC(C)CC(C)C2)c1C. The van der Waals surface area contributed by atoms with Crippen LogP contribution in [0.15, 0.2) is 0 Å². The number of hydrogen-bond donors (Lipinski definition) is 1. The summed E-state index contributed by atoms with van der Waals surface area (Å²) in [6.45, 7) is 11.3. The number of aromatic nitrogens is 2. The molecule has 0 bridgehead atoms. The number of hydrogen-bond acceptors (Lipinski definition) is 3. The second-order valence-electron chi connectivity index (χ2n) is 6.54. The summed E-state index contributed by atoms with van der Waals surface area (Å²) < 4.78 is 6.98. The molecule has 0 saturated carbocycles. The summed E-state index contributed by atoms with van der Waals surface area (Å²) in [5.74, 6) is 1.11. The third-order valence-corrected chi connectivity index (χ3v) is 4.28. The summed E-state index contributed by atoms with van der Waals surface area (Å²) in [6.07, 6.45) is 1.19. The first-order valence-corrected chi connectivity index (χ1v) is 8.01. The summed E-state index contributed by atoms with van der Waals surface area (Å²) in [5, 5.41) is 7.53. The van der Waals surface area contributed by atoms with E-state index in [0.29, 0.717) is 25.0 Å². The van der Waals surface area contributed by atoms with Crippen LogP contribution in [0.5, 0.6) is 0 Å². The predicted molar refractivity (Wildman–Crippen MR) is 87.1 cm³/mol. The highest BCUT2D eigenvalue weighted by Crippen LogP contribution is 2.24. The molecule has 2 atom stereocenters. The minimum absolute atomic E-state index is 0.0177. The molecule has 0 aliphatic carbocycles. The second-order valence-corrected chi connectivity index (χ2v) is 6.54. The fraction of sp³-hybridized carbons (Fsp3) is 0.750. The van der Waals surface area contributed by atoms with Gasteiger partial charge in [0.05, 0.1) is 30.2 Å². The van der Waals surface area contributed by atoms with E-state index in [0.717, 1.165) is 30.2 Å². The largest absolute Gasteiger partial charge is 0.383 e. The van der Waals surface area contributed by atoms with Crippen LogP contribution >= 0.6 is 0 Å². The van der Waals surface area contributed by atoms with Crippen LogP contribution in [0.3, 0.4) is 0 Å². The minimum Gasteiger partial charge on any atom is -0.383 e. The maximum absolute atomic E-state index is 12.5. The Kier molecular flexibility index (Phi) is 5.45. The zero-order valence-electron chi connectivity index (χ0n) is 14.3. The van der Waals surface area contributed by atoms with E-state index < -0.39 is 0 Å². The van der Waals surface area contributed by atoms with Crippen molar-refractivity contribution in [2.75, 3.05) is 32.1 Å². The van der Waals surface area contributed by atoms with E-state index in [2.05, 4.69) is 24.3 Å². The zero-order chi connectivity index (χ0) is 16.3. The van der Waals surface area contributed by atoms with E-state index in [9.17, 15) is 4.79 Å². The van der Waals surface area contributed by atoms with Gasteiger partial charge < -0.3 is 15.0 Å². The highest BCUT2D eigenvalue weighted by molar-refractivity contribution is 5.90. The van der Waals surface area contributed by atoms with Crippen molar-refractivity contribution in [2.24, 2.45) is 11.8 Å². The molecule has 1 aromatic rings. The van der Waals surface area contributed by atoms with Gasteiger partial charge in [-0.3, -0.25) is 4.68 Å². The summed E-state index contributed by atoms with van der Waals surface area (Å²) in [7, 11) is 1.67. The van der Waals surface area contributed by atoms with Crippen molar-refractivity contribution in [2.45, 2.75) is 40.7 Å². The number of methoxy groups -OCH3 is 1. The summed E-state index contributed by atoms with van der Waals surface area (Å²) in [4.78, 5) is 14.5. The highest BCUT2D eigenvalue weighted by atomic mass is 16.5. The Morgan fingerprint density at radius 3 is 2.55 bits per heavy atom.